The molecule has 1 saturated carbocycles. The van der Waals surface area contributed by atoms with Crippen LogP contribution in [-0.2, 0) is 0 Å². The zero-order chi connectivity index (χ0) is 5.33. The maximum absolute atomic E-state index is 10.9. The van der Waals surface area contributed by atoms with Crippen LogP contribution in [0.25, 0.3) is 0 Å². The van der Waals surface area contributed by atoms with E-state index in [0.29, 0.717) is 0 Å². The second-order valence-electron chi connectivity index (χ2n) is 2.66. The summed E-state index contributed by atoms with van der Waals surface area (Å²) < 4.78 is 0. The topological polar surface area (TPSA) is 23.1 Å². The summed E-state index contributed by atoms with van der Waals surface area (Å²) in [4.78, 5) is 0. The molecular formula is C6H11FMgO. The van der Waals surface area contributed by atoms with Crippen LogP contribution in [0.4, 0.5) is 0 Å². The first-order valence-corrected chi connectivity index (χ1v) is 2.91. The van der Waals surface area contributed by atoms with E-state index in [4.69, 9.17) is 0 Å². The smallest absolute Gasteiger partial charge is 1.00 e. The maximum Gasteiger partial charge on any atom is 2.00 e. The molecule has 3 heteroatoms. The monoisotopic (exact) mass is 142 g/mol. The van der Waals surface area contributed by atoms with Crippen molar-refractivity contribution in [3.8, 4) is 0 Å². The third kappa shape index (κ3) is 4.11. The van der Waals surface area contributed by atoms with E-state index in [2.05, 4.69) is 0 Å². The summed E-state index contributed by atoms with van der Waals surface area (Å²) in [6, 6.07) is 0. The van der Waals surface area contributed by atoms with Gasteiger partial charge in [-0.25, -0.2) is 0 Å². The molecule has 1 aliphatic rings. The van der Waals surface area contributed by atoms with Crippen molar-refractivity contribution in [2.45, 2.75) is 38.2 Å². The van der Waals surface area contributed by atoms with E-state index in [1.54, 1.807) is 6.92 Å². The molecule has 0 heterocycles. The first-order valence-electron chi connectivity index (χ1n) is 2.91. The van der Waals surface area contributed by atoms with Crippen molar-refractivity contribution in [2.75, 3.05) is 0 Å². The second-order valence-corrected chi connectivity index (χ2v) is 2.66. The molecule has 0 radical (unpaired) electrons. The summed E-state index contributed by atoms with van der Waals surface area (Å²) in [5.41, 5.74) is -0.556. The molecule has 0 amide bonds. The minimum Gasteiger partial charge on any atom is -1.00 e. The Morgan fingerprint density at radius 2 is 1.56 bits per heavy atom. The van der Waals surface area contributed by atoms with Gasteiger partial charge in [0.2, 0.25) is 0 Å². The first-order chi connectivity index (χ1) is 3.21. The molecule has 1 nitrogen and oxygen atoms in total. The summed E-state index contributed by atoms with van der Waals surface area (Å²) in [6.07, 6.45) is 4.10. The van der Waals surface area contributed by atoms with Crippen LogP contribution in [0, 0.1) is 0 Å². The van der Waals surface area contributed by atoms with Gasteiger partial charge in [0.25, 0.3) is 0 Å². The van der Waals surface area contributed by atoms with Gasteiger partial charge in [0.1, 0.15) is 0 Å². The van der Waals surface area contributed by atoms with E-state index in [0.717, 1.165) is 25.7 Å². The van der Waals surface area contributed by atoms with Crippen molar-refractivity contribution in [2.24, 2.45) is 0 Å². The minimum atomic E-state index is -0.556. The van der Waals surface area contributed by atoms with Crippen molar-refractivity contribution in [1.29, 1.82) is 0 Å². The fourth-order valence-electron chi connectivity index (χ4n) is 1.12. The van der Waals surface area contributed by atoms with Crippen LogP contribution >= 0.6 is 0 Å². The molecule has 1 fully saturated rings. The van der Waals surface area contributed by atoms with E-state index in [1.165, 1.54) is 0 Å². The fraction of sp³-hybridized carbons (Fsp3) is 1.00. The van der Waals surface area contributed by atoms with Crippen molar-refractivity contribution < 1.29 is 9.81 Å². The molecule has 1 aliphatic carbocycles. The van der Waals surface area contributed by atoms with Gasteiger partial charge in [0, 0.05) is 0 Å². The van der Waals surface area contributed by atoms with Gasteiger partial charge in [-0.05, 0) is 0 Å². The average molecular weight is 142 g/mol. The molecule has 0 aromatic heterocycles. The van der Waals surface area contributed by atoms with Crippen LogP contribution in [-0.4, -0.2) is 28.7 Å². The number of hydrogen-bond donors (Lipinski definition) is 0. The predicted octanol–water partition coefficient (Wildman–Crippen LogP) is -2.70. The Kier molecular flexibility index (Phi) is 6.13. The van der Waals surface area contributed by atoms with E-state index in [-0.39, 0.29) is 27.8 Å². The quantitative estimate of drug-likeness (QED) is 0.338. The Labute approximate surface area is 71.4 Å². The van der Waals surface area contributed by atoms with Gasteiger partial charge in [-0.1, -0.05) is 32.6 Å². The van der Waals surface area contributed by atoms with E-state index < -0.39 is 5.60 Å². The molecule has 0 unspecified atom stereocenters. The van der Waals surface area contributed by atoms with Gasteiger partial charge in [-0.15, -0.1) is 5.60 Å². The van der Waals surface area contributed by atoms with E-state index >= 15 is 0 Å². The molecule has 0 spiro atoms. The number of rotatable bonds is 0. The number of hydrogen-bond acceptors (Lipinski definition) is 1. The van der Waals surface area contributed by atoms with Gasteiger partial charge in [-0.2, -0.15) is 0 Å². The van der Waals surface area contributed by atoms with Crippen LogP contribution in [0.1, 0.15) is 32.6 Å². The summed E-state index contributed by atoms with van der Waals surface area (Å²) >= 11 is 0. The summed E-state index contributed by atoms with van der Waals surface area (Å²) in [6.45, 7) is 1.81. The second kappa shape index (κ2) is 4.47. The normalized spacial score (nSPS) is 22.0. The zero-order valence-corrected chi connectivity index (χ0v) is 7.24. The molecule has 0 aromatic rings. The average Bonchev–Trinajstić information content (AvgIpc) is 1.84. The fourth-order valence-corrected chi connectivity index (χ4v) is 1.12. The van der Waals surface area contributed by atoms with Crippen LogP contribution in [0.3, 0.4) is 0 Å². The zero-order valence-electron chi connectivity index (χ0n) is 5.82. The van der Waals surface area contributed by atoms with Crippen molar-refractivity contribution in [3.05, 3.63) is 0 Å². The molecule has 0 N–H and O–H groups in total. The molecule has 0 bridgehead atoms. The third-order valence-corrected chi connectivity index (χ3v) is 1.66. The van der Waals surface area contributed by atoms with Gasteiger partial charge in [0.05, 0.1) is 0 Å². The van der Waals surface area contributed by atoms with Crippen LogP contribution in [0.2, 0.25) is 0 Å². The van der Waals surface area contributed by atoms with Crippen LogP contribution < -0.4 is 9.81 Å². The Morgan fingerprint density at radius 3 is 1.67 bits per heavy atom. The molecule has 0 saturated heterocycles. The first kappa shape index (κ1) is 12.3. The van der Waals surface area contributed by atoms with Gasteiger partial charge in [-0.3, -0.25) is 0 Å². The molecule has 1 rings (SSSR count). The molecule has 50 valence electrons. The minimum absolute atomic E-state index is 0. The molecular weight excluding hydrogens is 131 g/mol. The number of halogens is 1. The Morgan fingerprint density at radius 1 is 1.22 bits per heavy atom. The van der Waals surface area contributed by atoms with Crippen molar-refractivity contribution in [1.82, 2.24) is 0 Å². The summed E-state index contributed by atoms with van der Waals surface area (Å²) in [7, 11) is 0. The van der Waals surface area contributed by atoms with Crippen LogP contribution in [0.15, 0.2) is 0 Å². The van der Waals surface area contributed by atoms with Crippen molar-refractivity contribution in [3.63, 3.8) is 0 Å². The van der Waals surface area contributed by atoms with Gasteiger partial charge in [0.15, 0.2) is 0 Å². The molecule has 0 atom stereocenters. The summed E-state index contributed by atoms with van der Waals surface area (Å²) in [5, 5.41) is 10.9. The van der Waals surface area contributed by atoms with E-state index in [1.807, 2.05) is 0 Å². The Bertz CT molecular complexity index is 67.5. The molecule has 0 aliphatic heterocycles. The van der Waals surface area contributed by atoms with E-state index in [9.17, 15) is 5.11 Å². The standard InChI is InChI=1S/C6H11O.FH.Mg/c1-6(7)4-2-3-5-6;;/h2-5H2,1H3;1H;/q-1;;+2/p-1. The van der Waals surface area contributed by atoms with Crippen molar-refractivity contribution >= 4 is 23.1 Å². The maximum atomic E-state index is 10.9. The molecule has 0 aromatic carbocycles. The predicted molar refractivity (Wildman–Crippen MR) is 32.6 cm³/mol. The molecule has 9 heavy (non-hydrogen) atoms. The largest absolute Gasteiger partial charge is 2.00 e. The van der Waals surface area contributed by atoms with Gasteiger partial charge < -0.3 is 9.81 Å². The Hall–Kier alpha value is 0.656. The Balaban J connectivity index is 0. The summed E-state index contributed by atoms with van der Waals surface area (Å²) in [5.74, 6) is 0. The van der Waals surface area contributed by atoms with Gasteiger partial charge >= 0.3 is 23.1 Å². The van der Waals surface area contributed by atoms with Crippen LogP contribution in [0.5, 0.6) is 0 Å². The SMILES string of the molecule is CC1([O-])CCCC1.[F-].[Mg+2]. The third-order valence-electron chi connectivity index (χ3n) is 1.66.